The quantitative estimate of drug-likeness (QED) is 0.718. The molecule has 0 spiro atoms. The number of benzene rings is 1. The van der Waals surface area contributed by atoms with Gasteiger partial charge in [-0.15, -0.1) is 0 Å². The fourth-order valence-electron chi connectivity index (χ4n) is 3.38. The van der Waals surface area contributed by atoms with Gasteiger partial charge in [-0.2, -0.15) is 0 Å². The van der Waals surface area contributed by atoms with Gasteiger partial charge in [-0.05, 0) is 37.8 Å². The molecule has 1 fully saturated rings. The third-order valence-corrected chi connectivity index (χ3v) is 4.85. The molecule has 0 unspecified atom stereocenters. The van der Waals surface area contributed by atoms with Crippen LogP contribution in [-0.4, -0.2) is 35.5 Å². The van der Waals surface area contributed by atoms with Crippen LogP contribution in [0.5, 0.6) is 0 Å². The van der Waals surface area contributed by atoms with Crippen molar-refractivity contribution in [2.75, 3.05) is 24.5 Å². The maximum Gasteiger partial charge on any atom is 0.325 e. The Morgan fingerprint density at radius 2 is 2.00 bits per heavy atom. The molecule has 1 aromatic carbocycles. The van der Waals surface area contributed by atoms with Crippen molar-refractivity contribution in [3.63, 3.8) is 0 Å². The number of nitrogens with zero attached hydrogens (tertiary/aromatic N) is 1. The van der Waals surface area contributed by atoms with Gasteiger partial charge in [0.15, 0.2) is 0 Å². The largest absolute Gasteiger partial charge is 0.371 e. The maximum absolute atomic E-state index is 12.1. The summed E-state index contributed by atoms with van der Waals surface area (Å²) in [5.74, 6) is 0.352. The molecule has 0 aliphatic carbocycles. The van der Waals surface area contributed by atoms with Gasteiger partial charge >= 0.3 is 5.69 Å². The van der Waals surface area contributed by atoms with Crippen LogP contribution in [-0.2, 0) is 11.2 Å². The summed E-state index contributed by atoms with van der Waals surface area (Å²) < 4.78 is 0. The predicted octanol–water partition coefficient (Wildman–Crippen LogP) is 0.947. The molecular weight excluding hydrogens is 332 g/mol. The van der Waals surface area contributed by atoms with E-state index in [0.29, 0.717) is 30.1 Å². The molecule has 0 radical (unpaired) electrons. The number of nitrogens with one attached hydrogen (secondary N) is 3. The van der Waals surface area contributed by atoms with Crippen LogP contribution in [0.15, 0.2) is 39.9 Å². The topological polar surface area (TPSA) is 98.1 Å². The van der Waals surface area contributed by atoms with Gasteiger partial charge in [0.1, 0.15) is 0 Å². The average molecular weight is 356 g/mol. The minimum atomic E-state index is -0.523. The third kappa shape index (κ3) is 4.41. The first-order valence-corrected chi connectivity index (χ1v) is 8.91. The molecule has 1 aliphatic rings. The molecule has 3 rings (SSSR count). The molecule has 1 aromatic heterocycles. The Morgan fingerprint density at radius 3 is 2.73 bits per heavy atom. The lowest BCUT2D eigenvalue weighted by atomic mass is 10.1. The van der Waals surface area contributed by atoms with Gasteiger partial charge in [0.05, 0.1) is 0 Å². The van der Waals surface area contributed by atoms with E-state index in [4.69, 9.17) is 0 Å². The van der Waals surface area contributed by atoms with Crippen molar-refractivity contribution < 1.29 is 4.79 Å². The fourth-order valence-corrected chi connectivity index (χ4v) is 3.38. The number of aromatic nitrogens is 2. The number of aromatic amines is 2. The van der Waals surface area contributed by atoms with Gasteiger partial charge in [0.2, 0.25) is 5.91 Å². The van der Waals surface area contributed by atoms with Crippen LogP contribution in [0, 0.1) is 12.8 Å². The Morgan fingerprint density at radius 1 is 1.23 bits per heavy atom. The molecule has 0 saturated carbocycles. The highest BCUT2D eigenvalue weighted by Gasteiger charge is 2.23. The number of H-pyrrole nitrogens is 2. The number of para-hydroxylation sites is 1. The molecule has 0 bridgehead atoms. The lowest BCUT2D eigenvalue weighted by Gasteiger charge is -2.18. The lowest BCUT2D eigenvalue weighted by Crippen LogP contribution is -2.32. The predicted molar refractivity (Wildman–Crippen MR) is 101 cm³/mol. The van der Waals surface area contributed by atoms with Crippen LogP contribution in [0.4, 0.5) is 5.69 Å². The molecule has 1 atom stereocenters. The van der Waals surface area contributed by atoms with E-state index in [1.807, 2.05) is 18.2 Å². The Hall–Kier alpha value is -2.83. The Bertz CT molecular complexity index is 872. The van der Waals surface area contributed by atoms with Crippen molar-refractivity contribution in [3.8, 4) is 0 Å². The summed E-state index contributed by atoms with van der Waals surface area (Å²) in [6.45, 7) is 4.24. The van der Waals surface area contributed by atoms with Crippen molar-refractivity contribution in [2.45, 2.75) is 26.2 Å². The van der Waals surface area contributed by atoms with E-state index in [2.05, 4.69) is 32.3 Å². The van der Waals surface area contributed by atoms with E-state index in [9.17, 15) is 14.4 Å². The summed E-state index contributed by atoms with van der Waals surface area (Å²) in [4.78, 5) is 42.2. The average Bonchev–Trinajstić information content (AvgIpc) is 3.09. The zero-order valence-corrected chi connectivity index (χ0v) is 14.9. The van der Waals surface area contributed by atoms with Gasteiger partial charge in [-0.3, -0.25) is 14.6 Å². The van der Waals surface area contributed by atoms with Crippen LogP contribution in [0.3, 0.4) is 0 Å². The highest BCUT2D eigenvalue weighted by molar-refractivity contribution is 5.76. The number of amides is 1. The van der Waals surface area contributed by atoms with Crippen LogP contribution in [0.1, 0.15) is 24.1 Å². The monoisotopic (exact) mass is 356 g/mol. The second-order valence-electron chi connectivity index (χ2n) is 6.75. The highest BCUT2D eigenvalue weighted by atomic mass is 16.2. The van der Waals surface area contributed by atoms with E-state index >= 15 is 0 Å². The number of aryl methyl sites for hydroxylation is 1. The van der Waals surface area contributed by atoms with Crippen LogP contribution < -0.4 is 21.5 Å². The van der Waals surface area contributed by atoms with Gasteiger partial charge < -0.3 is 15.2 Å². The maximum atomic E-state index is 12.1. The Kier molecular flexibility index (Phi) is 5.55. The number of carbonyl (C=O) groups is 1. The second kappa shape index (κ2) is 8.03. The zero-order valence-electron chi connectivity index (χ0n) is 14.9. The first-order valence-electron chi connectivity index (χ1n) is 8.91. The van der Waals surface area contributed by atoms with Crippen LogP contribution in [0.2, 0.25) is 0 Å². The summed E-state index contributed by atoms with van der Waals surface area (Å²) in [5, 5.41) is 2.97. The van der Waals surface area contributed by atoms with Gasteiger partial charge in [-0.1, -0.05) is 18.2 Å². The Labute approximate surface area is 151 Å². The fraction of sp³-hybridized carbons (Fsp3) is 0.421. The standard InChI is InChI=1S/C19H24N4O3/c1-13-16(18(25)22-19(26)21-13)7-8-17(24)20-11-14-9-10-23(12-14)15-5-3-2-4-6-15/h2-6,14H,7-12H2,1H3,(H,20,24)(H2,21,22,25,26)/t14-/m0/s1. The summed E-state index contributed by atoms with van der Waals surface area (Å²) in [7, 11) is 0. The zero-order chi connectivity index (χ0) is 18.5. The minimum absolute atomic E-state index is 0.0758. The molecule has 3 N–H and O–H groups in total. The molecule has 7 nitrogen and oxygen atoms in total. The molecule has 26 heavy (non-hydrogen) atoms. The van der Waals surface area contributed by atoms with Gasteiger partial charge in [0, 0.05) is 43.0 Å². The first-order chi connectivity index (χ1) is 12.5. The summed E-state index contributed by atoms with van der Waals surface area (Å²) in [6.07, 6.45) is 1.59. The number of anilines is 1. The summed E-state index contributed by atoms with van der Waals surface area (Å²) >= 11 is 0. The van der Waals surface area contributed by atoms with Crippen LogP contribution in [0.25, 0.3) is 0 Å². The lowest BCUT2D eigenvalue weighted by molar-refractivity contribution is -0.121. The SMILES string of the molecule is Cc1[nH]c(=O)[nH]c(=O)c1CCC(=O)NC[C@@H]1CCN(c2ccccc2)C1. The summed E-state index contributed by atoms with van der Waals surface area (Å²) in [6, 6.07) is 10.3. The number of carbonyl (C=O) groups excluding carboxylic acids is 1. The smallest absolute Gasteiger partial charge is 0.325 e. The number of hydrogen-bond donors (Lipinski definition) is 3. The van der Waals surface area contributed by atoms with E-state index in [-0.39, 0.29) is 12.3 Å². The van der Waals surface area contributed by atoms with Crippen molar-refractivity contribution >= 4 is 11.6 Å². The van der Waals surface area contributed by atoms with Crippen molar-refractivity contribution in [1.29, 1.82) is 0 Å². The van der Waals surface area contributed by atoms with E-state index < -0.39 is 11.2 Å². The van der Waals surface area contributed by atoms with Gasteiger partial charge in [0.25, 0.3) is 5.56 Å². The Balaban J connectivity index is 1.45. The van der Waals surface area contributed by atoms with Crippen molar-refractivity contribution in [1.82, 2.24) is 15.3 Å². The summed E-state index contributed by atoms with van der Waals surface area (Å²) in [5.41, 5.74) is 1.24. The molecule has 1 saturated heterocycles. The van der Waals surface area contributed by atoms with E-state index in [1.165, 1.54) is 5.69 Å². The third-order valence-electron chi connectivity index (χ3n) is 4.85. The normalized spacial score (nSPS) is 16.7. The molecular formula is C19H24N4O3. The van der Waals surface area contributed by atoms with Crippen molar-refractivity contribution in [3.05, 3.63) is 62.4 Å². The van der Waals surface area contributed by atoms with Crippen LogP contribution >= 0.6 is 0 Å². The van der Waals surface area contributed by atoms with E-state index in [0.717, 1.165) is 19.5 Å². The molecule has 2 aromatic rings. The highest BCUT2D eigenvalue weighted by Crippen LogP contribution is 2.22. The van der Waals surface area contributed by atoms with Crippen molar-refractivity contribution in [2.24, 2.45) is 5.92 Å². The molecule has 2 heterocycles. The molecule has 7 heteroatoms. The second-order valence-corrected chi connectivity index (χ2v) is 6.75. The number of hydrogen-bond acceptors (Lipinski definition) is 4. The minimum Gasteiger partial charge on any atom is -0.371 e. The molecule has 138 valence electrons. The molecule has 1 amide bonds. The number of rotatable bonds is 6. The van der Waals surface area contributed by atoms with E-state index in [1.54, 1.807) is 6.92 Å². The molecule has 1 aliphatic heterocycles. The van der Waals surface area contributed by atoms with Gasteiger partial charge in [-0.25, -0.2) is 4.79 Å². The first kappa shape index (κ1) is 18.0.